The van der Waals surface area contributed by atoms with E-state index in [-0.39, 0.29) is 18.0 Å². The van der Waals surface area contributed by atoms with Gasteiger partial charge in [0.1, 0.15) is 0 Å². The third-order valence-electron chi connectivity index (χ3n) is 5.17. The van der Waals surface area contributed by atoms with Crippen LogP contribution in [0.1, 0.15) is 37.4 Å². The number of nitrogens with zero attached hydrogens (tertiary/aromatic N) is 1. The van der Waals surface area contributed by atoms with Crippen LogP contribution in [0.4, 0.5) is 0 Å². The molecule has 2 atom stereocenters. The van der Waals surface area contributed by atoms with Gasteiger partial charge in [0.05, 0.1) is 12.6 Å². The fourth-order valence-electron chi connectivity index (χ4n) is 4.05. The van der Waals surface area contributed by atoms with E-state index in [1.54, 1.807) is 7.11 Å². The van der Waals surface area contributed by atoms with Crippen LogP contribution in [0.2, 0.25) is 0 Å². The van der Waals surface area contributed by atoms with Crippen LogP contribution >= 0.6 is 0 Å². The second-order valence-electron chi connectivity index (χ2n) is 7.73. The smallest absolute Gasteiger partial charge is 0.237 e. The lowest BCUT2D eigenvalue weighted by Gasteiger charge is -2.25. The van der Waals surface area contributed by atoms with Gasteiger partial charge < -0.3 is 14.6 Å². The second kappa shape index (κ2) is 8.72. The van der Waals surface area contributed by atoms with Crippen molar-refractivity contribution in [3.8, 4) is 0 Å². The van der Waals surface area contributed by atoms with Crippen molar-refractivity contribution in [1.29, 1.82) is 0 Å². The Morgan fingerprint density at radius 1 is 1.48 bits per heavy atom. The Hall–Kier alpha value is -2.11. The normalized spacial score (nSPS) is 19.3. The molecule has 2 heterocycles. The Balaban J connectivity index is 2.00. The Morgan fingerprint density at radius 3 is 3.00 bits per heavy atom. The molecular weight excluding hydrogens is 338 g/mol. The number of allylic oxidation sites excluding steroid dienone is 1. The van der Waals surface area contributed by atoms with Gasteiger partial charge in [-0.15, -0.1) is 6.58 Å². The van der Waals surface area contributed by atoms with E-state index < -0.39 is 0 Å². The van der Waals surface area contributed by atoms with Crippen molar-refractivity contribution in [3.63, 3.8) is 0 Å². The first-order chi connectivity index (χ1) is 13.0. The molecule has 0 unspecified atom stereocenters. The molecule has 0 aliphatic carbocycles. The van der Waals surface area contributed by atoms with Crippen LogP contribution in [-0.4, -0.2) is 36.8 Å². The van der Waals surface area contributed by atoms with Crippen molar-refractivity contribution < 1.29 is 9.53 Å². The van der Waals surface area contributed by atoms with Crippen molar-refractivity contribution >= 4 is 16.8 Å². The lowest BCUT2D eigenvalue weighted by Crippen LogP contribution is -2.47. The highest BCUT2D eigenvalue weighted by molar-refractivity contribution is 5.90. The lowest BCUT2D eigenvalue weighted by atomic mass is 9.94. The van der Waals surface area contributed by atoms with Gasteiger partial charge in [-0.2, -0.15) is 0 Å². The zero-order valence-corrected chi connectivity index (χ0v) is 16.6. The summed E-state index contributed by atoms with van der Waals surface area (Å²) < 4.78 is 7.29. The lowest BCUT2D eigenvalue weighted by molar-refractivity contribution is -0.123. The van der Waals surface area contributed by atoms with Gasteiger partial charge in [-0.3, -0.25) is 10.1 Å². The summed E-state index contributed by atoms with van der Waals surface area (Å²) in [6, 6.07) is 6.40. The van der Waals surface area contributed by atoms with Gasteiger partial charge in [0.15, 0.2) is 0 Å². The molecule has 2 aromatic rings. The van der Waals surface area contributed by atoms with Crippen molar-refractivity contribution in [1.82, 2.24) is 15.2 Å². The van der Waals surface area contributed by atoms with Gasteiger partial charge >= 0.3 is 0 Å². The topological polar surface area (TPSA) is 55.3 Å². The summed E-state index contributed by atoms with van der Waals surface area (Å²) in [6.07, 6.45) is 5.78. The molecule has 2 N–H and O–H groups in total. The van der Waals surface area contributed by atoms with Crippen molar-refractivity contribution in [2.45, 2.75) is 45.3 Å². The molecule has 0 saturated carbocycles. The predicted molar refractivity (Wildman–Crippen MR) is 110 cm³/mol. The van der Waals surface area contributed by atoms with Gasteiger partial charge in [0, 0.05) is 43.3 Å². The molecule has 1 aliphatic heterocycles. The number of benzene rings is 1. The molecular formula is C22H31N3O2. The summed E-state index contributed by atoms with van der Waals surface area (Å²) in [5.74, 6) is 0.574. The van der Waals surface area contributed by atoms with Gasteiger partial charge in [-0.05, 0) is 36.0 Å². The van der Waals surface area contributed by atoms with E-state index in [4.69, 9.17) is 4.74 Å². The molecule has 1 aliphatic rings. The summed E-state index contributed by atoms with van der Waals surface area (Å²) in [6.45, 7) is 10.2. The Kier molecular flexibility index (Phi) is 6.34. The number of hydrogen-bond donors (Lipinski definition) is 2. The van der Waals surface area contributed by atoms with Crippen molar-refractivity contribution in [2.24, 2.45) is 5.92 Å². The van der Waals surface area contributed by atoms with Crippen LogP contribution in [0.3, 0.4) is 0 Å². The van der Waals surface area contributed by atoms with E-state index in [1.165, 1.54) is 22.0 Å². The van der Waals surface area contributed by atoms with E-state index in [9.17, 15) is 4.79 Å². The van der Waals surface area contributed by atoms with Crippen LogP contribution < -0.4 is 10.6 Å². The average Bonchev–Trinajstić information content (AvgIpc) is 2.89. The molecule has 1 aromatic heterocycles. The quantitative estimate of drug-likeness (QED) is 0.555. The number of carbonyl (C=O) groups is 1. The molecule has 5 heteroatoms. The van der Waals surface area contributed by atoms with Crippen LogP contribution in [0.5, 0.6) is 0 Å². The highest BCUT2D eigenvalue weighted by Gasteiger charge is 2.30. The van der Waals surface area contributed by atoms with Gasteiger partial charge in [-0.1, -0.05) is 32.1 Å². The maximum atomic E-state index is 12.8. The minimum atomic E-state index is -0.249. The molecule has 27 heavy (non-hydrogen) atoms. The van der Waals surface area contributed by atoms with E-state index in [2.05, 4.69) is 60.0 Å². The summed E-state index contributed by atoms with van der Waals surface area (Å²) in [4.78, 5) is 12.8. The third kappa shape index (κ3) is 4.25. The molecule has 0 fully saturated rings. The maximum Gasteiger partial charge on any atom is 0.237 e. The molecule has 0 bridgehead atoms. The van der Waals surface area contributed by atoms with Gasteiger partial charge in [0.2, 0.25) is 5.91 Å². The summed E-state index contributed by atoms with van der Waals surface area (Å²) >= 11 is 0. The van der Waals surface area contributed by atoms with Gasteiger partial charge in [-0.25, -0.2) is 0 Å². The fourth-order valence-corrected chi connectivity index (χ4v) is 4.05. The largest absolute Gasteiger partial charge is 0.383 e. The minimum absolute atomic E-state index is 0.0400. The first kappa shape index (κ1) is 19.6. The number of aromatic nitrogens is 1. The highest BCUT2D eigenvalue weighted by atomic mass is 16.5. The van der Waals surface area contributed by atoms with E-state index >= 15 is 0 Å². The molecule has 5 nitrogen and oxygen atoms in total. The molecule has 3 rings (SSSR count). The number of rotatable bonds is 8. The molecule has 146 valence electrons. The molecule has 0 radical (unpaired) electrons. The fraction of sp³-hybridized carbons (Fsp3) is 0.500. The Morgan fingerprint density at radius 2 is 2.30 bits per heavy atom. The predicted octanol–water partition coefficient (Wildman–Crippen LogP) is 3.19. The highest BCUT2D eigenvalue weighted by Crippen LogP contribution is 2.35. The van der Waals surface area contributed by atoms with E-state index in [1.807, 2.05) is 6.08 Å². The second-order valence-corrected chi connectivity index (χ2v) is 7.73. The third-order valence-corrected chi connectivity index (χ3v) is 5.17. The number of hydrogen-bond acceptors (Lipinski definition) is 3. The molecule has 0 saturated heterocycles. The molecule has 1 amide bonds. The zero-order chi connectivity index (χ0) is 19.4. The molecule has 0 spiro atoms. The van der Waals surface area contributed by atoms with Crippen LogP contribution in [0, 0.1) is 5.92 Å². The van der Waals surface area contributed by atoms with Crippen molar-refractivity contribution in [3.05, 3.63) is 48.2 Å². The first-order valence-corrected chi connectivity index (χ1v) is 9.79. The van der Waals surface area contributed by atoms with Crippen LogP contribution in [0.25, 0.3) is 10.9 Å². The van der Waals surface area contributed by atoms with E-state index in [0.717, 1.165) is 13.0 Å². The number of amides is 1. The maximum absolute atomic E-state index is 12.8. The average molecular weight is 370 g/mol. The SMILES string of the molecule is C=CCn1cc2c3c(cccc31)[C@H](CC(C)C)N[C@H](C(=O)NCCOC)C2. The summed E-state index contributed by atoms with van der Waals surface area (Å²) in [5.41, 5.74) is 3.75. The van der Waals surface area contributed by atoms with Crippen LogP contribution in [0.15, 0.2) is 37.1 Å². The zero-order valence-electron chi connectivity index (χ0n) is 16.6. The number of nitrogens with one attached hydrogen (secondary N) is 2. The molecule has 1 aromatic carbocycles. The number of carbonyl (C=O) groups excluding carboxylic acids is 1. The van der Waals surface area contributed by atoms with Gasteiger partial charge in [0.25, 0.3) is 0 Å². The Labute approximate surface area is 161 Å². The number of ether oxygens (including phenoxy) is 1. The monoisotopic (exact) mass is 369 g/mol. The Bertz CT molecular complexity index is 809. The van der Waals surface area contributed by atoms with Crippen LogP contribution in [-0.2, 0) is 22.5 Å². The summed E-state index contributed by atoms with van der Waals surface area (Å²) in [7, 11) is 1.64. The summed E-state index contributed by atoms with van der Waals surface area (Å²) in [5, 5.41) is 7.93. The minimum Gasteiger partial charge on any atom is -0.383 e. The standard InChI is InChI=1S/C22H31N3O2/c1-5-10-25-14-16-13-19(22(26)23-9-11-27-4)24-18(12-15(2)3)17-7-6-8-20(25)21(16)17/h5-8,14-15,18-19,24H,1,9-13H2,2-4H3,(H,23,26)/t18-,19-/m0/s1. The first-order valence-electron chi connectivity index (χ1n) is 9.79. The van der Waals surface area contributed by atoms with E-state index in [0.29, 0.717) is 25.5 Å². The van der Waals surface area contributed by atoms with Crippen molar-refractivity contribution in [2.75, 3.05) is 20.3 Å². The number of methoxy groups -OCH3 is 1.